The van der Waals surface area contributed by atoms with Gasteiger partial charge < -0.3 is 15.6 Å². The van der Waals surface area contributed by atoms with Gasteiger partial charge in [-0.1, -0.05) is 19.3 Å². The molecular weight excluding hydrogens is 281 g/mol. The van der Waals surface area contributed by atoms with E-state index in [-0.39, 0.29) is 22.5 Å². The summed E-state index contributed by atoms with van der Waals surface area (Å²) >= 11 is 0. The predicted molar refractivity (Wildman–Crippen MR) is 88.7 cm³/mol. The van der Waals surface area contributed by atoms with E-state index in [1.54, 1.807) is 12.3 Å². The molecule has 0 bridgehead atoms. The van der Waals surface area contributed by atoms with E-state index >= 15 is 0 Å². The molecule has 5 heteroatoms. The average molecular weight is 303 g/mol. The van der Waals surface area contributed by atoms with Crippen molar-refractivity contribution in [3.8, 4) is 0 Å². The lowest BCUT2D eigenvalue weighted by Crippen LogP contribution is -2.23. The second-order valence-electron chi connectivity index (χ2n) is 5.99. The Morgan fingerprint density at radius 1 is 1.36 bits per heavy atom. The summed E-state index contributed by atoms with van der Waals surface area (Å²) in [6.45, 7) is 2.68. The van der Waals surface area contributed by atoms with Crippen molar-refractivity contribution in [1.29, 1.82) is 0 Å². The number of hydrogen-bond donors (Lipinski definition) is 2. The Labute approximate surface area is 129 Å². The highest BCUT2D eigenvalue weighted by Crippen LogP contribution is 2.30. The maximum atomic E-state index is 14.6. The monoisotopic (exact) mass is 303 g/mol. The number of pyridine rings is 1. The van der Waals surface area contributed by atoms with Crippen LogP contribution in [0, 0.1) is 5.82 Å². The highest BCUT2D eigenvalue weighted by molar-refractivity contribution is 5.94. The molecule has 0 atom stereocenters. The number of nitrogens with two attached hydrogens (primary N) is 1. The van der Waals surface area contributed by atoms with E-state index < -0.39 is 5.82 Å². The van der Waals surface area contributed by atoms with Gasteiger partial charge in [-0.15, -0.1) is 0 Å². The van der Waals surface area contributed by atoms with Crippen molar-refractivity contribution >= 4 is 22.3 Å². The van der Waals surface area contributed by atoms with Gasteiger partial charge in [0.25, 0.3) is 0 Å². The van der Waals surface area contributed by atoms with E-state index in [0.29, 0.717) is 17.7 Å². The van der Waals surface area contributed by atoms with Gasteiger partial charge in [0.15, 0.2) is 11.2 Å². The highest BCUT2D eigenvalue weighted by atomic mass is 19.1. The minimum atomic E-state index is -0.510. The van der Waals surface area contributed by atoms with Crippen LogP contribution in [0.5, 0.6) is 0 Å². The smallest absolute Gasteiger partial charge is 0.191 e. The number of aromatic nitrogens is 1. The summed E-state index contributed by atoms with van der Waals surface area (Å²) in [4.78, 5) is 12.0. The second-order valence-corrected chi connectivity index (χ2v) is 5.99. The van der Waals surface area contributed by atoms with Gasteiger partial charge in [0, 0.05) is 24.8 Å². The largest absolute Gasteiger partial charge is 0.396 e. The normalized spacial score (nSPS) is 16.1. The zero-order valence-corrected chi connectivity index (χ0v) is 12.9. The van der Waals surface area contributed by atoms with Crippen LogP contribution in [0.4, 0.5) is 15.8 Å². The SMILES string of the molecule is CCn1ccc(=O)c2c(N)c(F)c(NC3CCCCC3)cc21. The third kappa shape index (κ3) is 2.56. The van der Waals surface area contributed by atoms with Crippen molar-refractivity contribution in [1.82, 2.24) is 4.57 Å². The molecule has 0 aliphatic heterocycles. The van der Waals surface area contributed by atoms with Crippen LogP contribution in [0.1, 0.15) is 39.0 Å². The molecule has 0 amide bonds. The number of halogens is 1. The Morgan fingerprint density at radius 3 is 2.77 bits per heavy atom. The van der Waals surface area contributed by atoms with Crippen LogP contribution in [0.15, 0.2) is 23.1 Å². The second kappa shape index (κ2) is 5.99. The minimum absolute atomic E-state index is 0.0522. The number of aryl methyl sites for hydroxylation is 1. The number of hydrogen-bond acceptors (Lipinski definition) is 3. The third-order valence-electron chi connectivity index (χ3n) is 4.55. The van der Waals surface area contributed by atoms with Gasteiger partial charge in [0.1, 0.15) is 0 Å². The summed E-state index contributed by atoms with van der Waals surface area (Å²) < 4.78 is 16.5. The summed E-state index contributed by atoms with van der Waals surface area (Å²) in [7, 11) is 0. The van der Waals surface area contributed by atoms with E-state index in [1.165, 1.54) is 25.3 Å². The van der Waals surface area contributed by atoms with Gasteiger partial charge >= 0.3 is 0 Å². The topological polar surface area (TPSA) is 60.0 Å². The number of nitrogens with zero attached hydrogens (tertiary/aromatic N) is 1. The maximum Gasteiger partial charge on any atom is 0.191 e. The van der Waals surface area contributed by atoms with Crippen molar-refractivity contribution in [3.63, 3.8) is 0 Å². The van der Waals surface area contributed by atoms with Crippen LogP contribution in [0.25, 0.3) is 10.9 Å². The van der Waals surface area contributed by atoms with Crippen molar-refractivity contribution in [2.45, 2.75) is 51.6 Å². The fraction of sp³-hybridized carbons (Fsp3) is 0.471. The van der Waals surface area contributed by atoms with Gasteiger partial charge in [0.2, 0.25) is 0 Å². The Morgan fingerprint density at radius 2 is 2.09 bits per heavy atom. The van der Waals surface area contributed by atoms with E-state index in [0.717, 1.165) is 12.8 Å². The number of anilines is 2. The van der Waals surface area contributed by atoms with Crippen LogP contribution < -0.4 is 16.5 Å². The molecule has 1 saturated carbocycles. The Hall–Kier alpha value is -2.04. The zero-order chi connectivity index (χ0) is 15.7. The van der Waals surface area contributed by atoms with E-state index in [2.05, 4.69) is 5.32 Å². The van der Waals surface area contributed by atoms with Crippen LogP contribution in [-0.2, 0) is 6.54 Å². The van der Waals surface area contributed by atoms with Crippen LogP contribution >= 0.6 is 0 Å². The Balaban J connectivity index is 2.11. The lowest BCUT2D eigenvalue weighted by Gasteiger charge is -2.25. The molecule has 118 valence electrons. The summed E-state index contributed by atoms with van der Waals surface area (Å²) in [6, 6.07) is 3.45. The first-order chi connectivity index (χ1) is 10.6. The molecule has 1 aliphatic carbocycles. The number of fused-ring (bicyclic) bond motifs is 1. The molecule has 0 saturated heterocycles. The summed E-state index contributed by atoms with van der Waals surface area (Å²) in [5.41, 5.74) is 6.73. The van der Waals surface area contributed by atoms with Gasteiger partial charge in [-0.2, -0.15) is 0 Å². The van der Waals surface area contributed by atoms with Gasteiger partial charge in [-0.3, -0.25) is 4.79 Å². The first kappa shape index (κ1) is 14.9. The number of rotatable bonds is 3. The van der Waals surface area contributed by atoms with Gasteiger partial charge in [-0.25, -0.2) is 4.39 Å². The number of nitrogens with one attached hydrogen (secondary N) is 1. The standard InChI is InChI=1S/C17H22FN3O/c1-2-21-9-8-14(22)15-13(21)10-12(16(18)17(15)19)20-11-6-4-3-5-7-11/h8-11,20H,2-7,19H2,1H3. The molecule has 1 fully saturated rings. The molecule has 2 aromatic rings. The first-order valence-corrected chi connectivity index (χ1v) is 7.99. The number of benzene rings is 1. The van der Waals surface area contributed by atoms with E-state index in [9.17, 15) is 9.18 Å². The lowest BCUT2D eigenvalue weighted by atomic mass is 9.95. The molecule has 3 rings (SSSR count). The molecule has 1 aromatic heterocycles. The molecule has 0 radical (unpaired) electrons. The average Bonchev–Trinajstić information content (AvgIpc) is 2.53. The summed E-state index contributed by atoms with van der Waals surface area (Å²) in [6.07, 6.45) is 7.41. The van der Waals surface area contributed by atoms with Crippen LogP contribution in [0.3, 0.4) is 0 Å². The Bertz CT molecular complexity index is 748. The van der Waals surface area contributed by atoms with Crippen LogP contribution in [-0.4, -0.2) is 10.6 Å². The molecule has 22 heavy (non-hydrogen) atoms. The molecular formula is C17H22FN3O. The fourth-order valence-corrected chi connectivity index (χ4v) is 3.32. The molecule has 4 nitrogen and oxygen atoms in total. The lowest BCUT2D eigenvalue weighted by molar-refractivity contribution is 0.461. The molecule has 1 aliphatic rings. The fourth-order valence-electron chi connectivity index (χ4n) is 3.32. The molecule has 0 spiro atoms. The summed E-state index contributed by atoms with van der Waals surface area (Å²) in [5.74, 6) is -0.510. The van der Waals surface area contributed by atoms with E-state index in [1.807, 2.05) is 11.5 Å². The van der Waals surface area contributed by atoms with E-state index in [4.69, 9.17) is 5.73 Å². The van der Waals surface area contributed by atoms with Gasteiger partial charge in [-0.05, 0) is 25.8 Å². The highest BCUT2D eigenvalue weighted by Gasteiger charge is 2.19. The van der Waals surface area contributed by atoms with Crippen molar-refractivity contribution in [2.24, 2.45) is 0 Å². The zero-order valence-electron chi connectivity index (χ0n) is 12.9. The van der Waals surface area contributed by atoms with Crippen LogP contribution in [0.2, 0.25) is 0 Å². The Kier molecular flexibility index (Phi) is 4.05. The summed E-state index contributed by atoms with van der Waals surface area (Å²) in [5, 5.41) is 3.56. The molecule has 1 heterocycles. The maximum absolute atomic E-state index is 14.6. The van der Waals surface area contributed by atoms with Crippen molar-refractivity contribution < 1.29 is 4.39 Å². The predicted octanol–water partition coefficient (Wildman–Crippen LogP) is 3.49. The first-order valence-electron chi connectivity index (χ1n) is 7.99. The molecule has 1 aromatic carbocycles. The minimum Gasteiger partial charge on any atom is -0.396 e. The third-order valence-corrected chi connectivity index (χ3v) is 4.55. The quantitative estimate of drug-likeness (QED) is 0.853. The van der Waals surface area contributed by atoms with Gasteiger partial charge in [0.05, 0.1) is 22.3 Å². The van der Waals surface area contributed by atoms with Crippen molar-refractivity contribution in [2.75, 3.05) is 11.1 Å². The van der Waals surface area contributed by atoms with Crippen molar-refractivity contribution in [3.05, 3.63) is 34.4 Å². The molecule has 3 N–H and O–H groups in total. The number of nitrogen functional groups attached to an aromatic ring is 1. The molecule has 0 unspecified atom stereocenters.